The third-order valence-electron chi connectivity index (χ3n) is 2.47. The summed E-state index contributed by atoms with van der Waals surface area (Å²) in [5.74, 6) is 0.288. The van der Waals surface area contributed by atoms with Gasteiger partial charge in [0, 0.05) is 18.7 Å². The molecule has 1 rings (SSSR count). The van der Waals surface area contributed by atoms with Crippen LogP contribution >= 0.6 is 0 Å². The van der Waals surface area contributed by atoms with Gasteiger partial charge in [0.15, 0.2) is 0 Å². The second kappa shape index (κ2) is 5.73. The van der Waals surface area contributed by atoms with Gasteiger partial charge in [0.2, 0.25) is 0 Å². The first-order valence-electron chi connectivity index (χ1n) is 5.29. The highest BCUT2D eigenvalue weighted by molar-refractivity contribution is 5.29. The third kappa shape index (κ3) is 3.90. The van der Waals surface area contributed by atoms with E-state index in [1.54, 1.807) is 12.1 Å². The second-order valence-electron chi connectivity index (χ2n) is 3.90. The van der Waals surface area contributed by atoms with Crippen LogP contribution in [0.4, 0.5) is 0 Å². The van der Waals surface area contributed by atoms with E-state index in [4.69, 9.17) is 5.11 Å². The molecule has 0 aliphatic carbocycles. The molecule has 1 aromatic carbocycles. The molecule has 1 aromatic rings. The minimum Gasteiger partial charge on any atom is -0.508 e. The van der Waals surface area contributed by atoms with Crippen LogP contribution in [0.2, 0.25) is 0 Å². The Bertz CT molecular complexity index is 301. The molecule has 0 amide bonds. The maximum Gasteiger partial charge on any atom is 0.115 e. The standard InChI is InChI=1S/C12H19NO2/c1-9(6-7-14)13-10(2)11-4-3-5-12(15)8-11/h3-5,8-10,13-15H,6-7H2,1-2H3. The van der Waals surface area contributed by atoms with Gasteiger partial charge in [0.1, 0.15) is 5.75 Å². The molecule has 0 saturated heterocycles. The lowest BCUT2D eigenvalue weighted by Crippen LogP contribution is -2.29. The average Bonchev–Trinajstić information content (AvgIpc) is 2.18. The Hall–Kier alpha value is -1.06. The lowest BCUT2D eigenvalue weighted by atomic mass is 10.1. The summed E-state index contributed by atoms with van der Waals surface area (Å²) >= 11 is 0. The van der Waals surface area contributed by atoms with Crippen molar-refractivity contribution >= 4 is 0 Å². The monoisotopic (exact) mass is 209 g/mol. The van der Waals surface area contributed by atoms with E-state index in [1.165, 1.54) is 0 Å². The van der Waals surface area contributed by atoms with Crippen molar-refractivity contribution in [1.82, 2.24) is 5.32 Å². The highest BCUT2D eigenvalue weighted by atomic mass is 16.3. The minimum atomic E-state index is 0.179. The lowest BCUT2D eigenvalue weighted by molar-refractivity contribution is 0.264. The van der Waals surface area contributed by atoms with E-state index in [-0.39, 0.29) is 24.4 Å². The van der Waals surface area contributed by atoms with Crippen LogP contribution in [0.15, 0.2) is 24.3 Å². The van der Waals surface area contributed by atoms with Gasteiger partial charge in [-0.2, -0.15) is 0 Å². The molecule has 3 nitrogen and oxygen atoms in total. The molecule has 0 bridgehead atoms. The Morgan fingerprint density at radius 2 is 2.07 bits per heavy atom. The van der Waals surface area contributed by atoms with Crippen LogP contribution in [0.5, 0.6) is 5.75 Å². The predicted octanol–water partition coefficient (Wildman–Crippen LogP) is 1.81. The van der Waals surface area contributed by atoms with Crippen LogP contribution in [0, 0.1) is 0 Å². The molecule has 84 valence electrons. The Kier molecular flexibility index (Phi) is 4.59. The molecular formula is C12H19NO2. The van der Waals surface area contributed by atoms with Gasteiger partial charge in [0.25, 0.3) is 0 Å². The van der Waals surface area contributed by atoms with E-state index in [1.807, 2.05) is 26.0 Å². The number of phenolic OH excluding ortho intramolecular Hbond substituents is 1. The number of aromatic hydroxyl groups is 1. The van der Waals surface area contributed by atoms with Crippen LogP contribution in [-0.4, -0.2) is 22.9 Å². The van der Waals surface area contributed by atoms with Crippen molar-refractivity contribution in [3.05, 3.63) is 29.8 Å². The van der Waals surface area contributed by atoms with Gasteiger partial charge in [-0.05, 0) is 38.0 Å². The van der Waals surface area contributed by atoms with Gasteiger partial charge in [-0.3, -0.25) is 0 Å². The summed E-state index contributed by atoms with van der Waals surface area (Å²) in [6.45, 7) is 4.28. The largest absolute Gasteiger partial charge is 0.508 e. The highest BCUT2D eigenvalue weighted by Crippen LogP contribution is 2.18. The van der Waals surface area contributed by atoms with Gasteiger partial charge in [-0.25, -0.2) is 0 Å². The van der Waals surface area contributed by atoms with Crippen LogP contribution in [0.25, 0.3) is 0 Å². The predicted molar refractivity (Wildman–Crippen MR) is 60.8 cm³/mol. The molecule has 0 aliphatic heterocycles. The van der Waals surface area contributed by atoms with Gasteiger partial charge >= 0.3 is 0 Å². The fourth-order valence-corrected chi connectivity index (χ4v) is 1.59. The number of hydrogen-bond donors (Lipinski definition) is 3. The van der Waals surface area contributed by atoms with Gasteiger partial charge in [-0.15, -0.1) is 0 Å². The lowest BCUT2D eigenvalue weighted by Gasteiger charge is -2.19. The zero-order chi connectivity index (χ0) is 11.3. The van der Waals surface area contributed by atoms with Gasteiger partial charge < -0.3 is 15.5 Å². The molecule has 2 unspecified atom stereocenters. The van der Waals surface area contributed by atoms with E-state index < -0.39 is 0 Å². The molecular weight excluding hydrogens is 190 g/mol. The first kappa shape index (κ1) is 12.0. The van der Waals surface area contributed by atoms with Crippen molar-refractivity contribution in [2.75, 3.05) is 6.61 Å². The highest BCUT2D eigenvalue weighted by Gasteiger charge is 2.09. The van der Waals surface area contributed by atoms with Crippen LogP contribution in [-0.2, 0) is 0 Å². The van der Waals surface area contributed by atoms with E-state index in [0.717, 1.165) is 12.0 Å². The summed E-state index contributed by atoms with van der Waals surface area (Å²) in [5, 5.41) is 21.5. The van der Waals surface area contributed by atoms with E-state index in [2.05, 4.69) is 5.32 Å². The summed E-state index contributed by atoms with van der Waals surface area (Å²) in [7, 11) is 0. The van der Waals surface area contributed by atoms with E-state index in [0.29, 0.717) is 0 Å². The minimum absolute atomic E-state index is 0.179. The number of rotatable bonds is 5. The molecule has 2 atom stereocenters. The second-order valence-corrected chi connectivity index (χ2v) is 3.90. The molecule has 0 radical (unpaired) electrons. The molecule has 3 heteroatoms. The Balaban J connectivity index is 2.56. The third-order valence-corrected chi connectivity index (χ3v) is 2.47. The Morgan fingerprint density at radius 3 is 2.67 bits per heavy atom. The van der Waals surface area contributed by atoms with Crippen LogP contribution in [0.1, 0.15) is 31.9 Å². The zero-order valence-corrected chi connectivity index (χ0v) is 9.27. The summed E-state index contributed by atoms with van der Waals surface area (Å²) in [4.78, 5) is 0. The van der Waals surface area contributed by atoms with Crippen molar-refractivity contribution in [1.29, 1.82) is 0 Å². The summed E-state index contributed by atoms with van der Waals surface area (Å²) < 4.78 is 0. The molecule has 0 fully saturated rings. The van der Waals surface area contributed by atoms with Crippen LogP contribution < -0.4 is 5.32 Å². The molecule has 0 aromatic heterocycles. The topological polar surface area (TPSA) is 52.5 Å². The quantitative estimate of drug-likeness (QED) is 0.693. The molecule has 0 aliphatic rings. The first-order chi connectivity index (χ1) is 7.13. The Labute approximate surface area is 90.8 Å². The normalized spacial score (nSPS) is 14.9. The molecule has 0 saturated carbocycles. The SMILES string of the molecule is CC(CCO)NC(C)c1cccc(O)c1. The smallest absolute Gasteiger partial charge is 0.115 e. The fraction of sp³-hybridized carbons (Fsp3) is 0.500. The summed E-state index contributed by atoms with van der Waals surface area (Å²) in [5.41, 5.74) is 1.06. The summed E-state index contributed by atoms with van der Waals surface area (Å²) in [6.07, 6.45) is 0.739. The number of hydrogen-bond acceptors (Lipinski definition) is 3. The first-order valence-corrected chi connectivity index (χ1v) is 5.29. The van der Waals surface area contributed by atoms with Gasteiger partial charge in [-0.1, -0.05) is 12.1 Å². The number of phenols is 1. The van der Waals surface area contributed by atoms with Crippen LogP contribution in [0.3, 0.4) is 0 Å². The van der Waals surface area contributed by atoms with Crippen molar-refractivity contribution in [3.63, 3.8) is 0 Å². The number of benzene rings is 1. The van der Waals surface area contributed by atoms with Crippen molar-refractivity contribution in [2.24, 2.45) is 0 Å². The maximum absolute atomic E-state index is 9.33. The number of nitrogens with one attached hydrogen (secondary N) is 1. The molecule has 0 spiro atoms. The van der Waals surface area contributed by atoms with E-state index in [9.17, 15) is 5.11 Å². The van der Waals surface area contributed by atoms with Crippen molar-refractivity contribution in [2.45, 2.75) is 32.4 Å². The number of aliphatic hydroxyl groups is 1. The summed E-state index contributed by atoms with van der Waals surface area (Å²) in [6, 6.07) is 7.67. The van der Waals surface area contributed by atoms with Crippen molar-refractivity contribution in [3.8, 4) is 5.75 Å². The van der Waals surface area contributed by atoms with E-state index >= 15 is 0 Å². The van der Waals surface area contributed by atoms with Gasteiger partial charge in [0.05, 0.1) is 0 Å². The number of aliphatic hydroxyl groups excluding tert-OH is 1. The maximum atomic E-state index is 9.33. The fourth-order valence-electron chi connectivity index (χ4n) is 1.59. The molecule has 15 heavy (non-hydrogen) atoms. The Morgan fingerprint density at radius 1 is 1.33 bits per heavy atom. The molecule has 0 heterocycles. The average molecular weight is 209 g/mol. The zero-order valence-electron chi connectivity index (χ0n) is 9.27. The molecule has 3 N–H and O–H groups in total. The van der Waals surface area contributed by atoms with Crippen molar-refractivity contribution < 1.29 is 10.2 Å².